The number of hydrogen-bond acceptors (Lipinski definition) is 7. The predicted molar refractivity (Wildman–Crippen MR) is 226 cm³/mol. The fourth-order valence-corrected chi connectivity index (χ4v) is 11.7. The summed E-state index contributed by atoms with van der Waals surface area (Å²) >= 11 is 7.52. The van der Waals surface area contributed by atoms with E-state index in [0.29, 0.717) is 16.9 Å². The van der Waals surface area contributed by atoms with Gasteiger partial charge in [0, 0.05) is 27.4 Å². The number of aliphatic hydroxyl groups is 2. The fraction of sp³-hybridized carbons (Fsp3) is 0.975. The number of rotatable bonds is 36. The Balaban J connectivity index is 4.47. The van der Waals surface area contributed by atoms with Gasteiger partial charge in [-0.2, -0.15) is 47.0 Å². The number of aliphatic hydroxyl groups excluding tert-OH is 2. The average Bonchev–Trinajstić information content (AvgIpc) is 3.09. The van der Waals surface area contributed by atoms with Crippen molar-refractivity contribution in [3.63, 3.8) is 0 Å². The van der Waals surface area contributed by atoms with Crippen LogP contribution in [0.3, 0.4) is 0 Å². The number of hydrogen-bond donors (Lipinski definition) is 3. The Labute approximate surface area is 317 Å². The Morgan fingerprint density at radius 1 is 0.562 bits per heavy atom. The maximum atomic E-state index is 12.8. The van der Waals surface area contributed by atoms with Crippen molar-refractivity contribution in [2.75, 3.05) is 31.6 Å². The van der Waals surface area contributed by atoms with Crippen LogP contribution in [0.5, 0.6) is 0 Å². The number of unbranched alkanes of at least 4 members (excludes halogenated alkanes) is 15. The van der Waals surface area contributed by atoms with Crippen LogP contribution in [-0.4, -0.2) is 80.9 Å². The molecular formula is C40H81NO3S4. The van der Waals surface area contributed by atoms with Crippen molar-refractivity contribution in [3.05, 3.63) is 0 Å². The first-order valence-corrected chi connectivity index (χ1v) is 25.2. The van der Waals surface area contributed by atoms with E-state index in [1.807, 2.05) is 35.3 Å². The SMILES string of the molecule is CCCCCCCCCC(SC)C(CCC(SC)C(SC)[C@@H](O)[C@H](CO)NC(=O)CCCCCCCCCCCCC(C)CCC)SC. The number of carbonyl (C=O) groups is 1. The monoisotopic (exact) mass is 752 g/mol. The lowest BCUT2D eigenvalue weighted by atomic mass is 9.98. The van der Waals surface area contributed by atoms with Crippen LogP contribution in [0.25, 0.3) is 0 Å². The van der Waals surface area contributed by atoms with Gasteiger partial charge in [0.05, 0.1) is 18.8 Å². The number of nitrogens with one attached hydrogen (secondary N) is 1. The molecule has 0 radical (unpaired) electrons. The van der Waals surface area contributed by atoms with Crippen LogP contribution >= 0.6 is 47.0 Å². The highest BCUT2D eigenvalue weighted by atomic mass is 32.2. The minimum Gasteiger partial charge on any atom is -0.394 e. The van der Waals surface area contributed by atoms with Gasteiger partial charge < -0.3 is 15.5 Å². The van der Waals surface area contributed by atoms with Gasteiger partial charge in [0.15, 0.2) is 0 Å². The van der Waals surface area contributed by atoms with Gasteiger partial charge in [-0.3, -0.25) is 4.79 Å². The fourth-order valence-electron chi connectivity index (χ4n) is 7.05. The molecule has 0 bridgehead atoms. The van der Waals surface area contributed by atoms with Crippen LogP contribution in [0.15, 0.2) is 0 Å². The summed E-state index contributed by atoms with van der Waals surface area (Å²) in [6.07, 6.45) is 38.0. The van der Waals surface area contributed by atoms with Gasteiger partial charge in [0.2, 0.25) is 5.91 Å². The van der Waals surface area contributed by atoms with Crippen LogP contribution in [0.1, 0.15) is 175 Å². The van der Waals surface area contributed by atoms with E-state index in [9.17, 15) is 15.0 Å². The molecule has 1 amide bonds. The van der Waals surface area contributed by atoms with E-state index in [0.717, 1.165) is 31.6 Å². The van der Waals surface area contributed by atoms with E-state index in [4.69, 9.17) is 0 Å². The third-order valence-corrected chi connectivity index (χ3v) is 15.2. The first-order valence-electron chi connectivity index (χ1n) is 20.0. The molecule has 0 heterocycles. The highest BCUT2D eigenvalue weighted by molar-refractivity contribution is 8.03. The Morgan fingerprint density at radius 2 is 1.02 bits per heavy atom. The molecular weight excluding hydrogens is 671 g/mol. The summed E-state index contributed by atoms with van der Waals surface area (Å²) in [5.74, 6) is 0.851. The second-order valence-electron chi connectivity index (χ2n) is 14.3. The average molecular weight is 752 g/mol. The minimum absolute atomic E-state index is 0.0413. The smallest absolute Gasteiger partial charge is 0.220 e. The van der Waals surface area contributed by atoms with Crippen LogP contribution in [-0.2, 0) is 4.79 Å². The molecule has 0 saturated heterocycles. The van der Waals surface area contributed by atoms with Crippen molar-refractivity contribution < 1.29 is 15.0 Å². The molecule has 288 valence electrons. The zero-order valence-corrected chi connectivity index (χ0v) is 35.9. The number of thioether (sulfide) groups is 4. The zero-order valence-electron chi connectivity index (χ0n) is 32.7. The lowest BCUT2D eigenvalue weighted by molar-refractivity contribution is -0.123. The van der Waals surface area contributed by atoms with E-state index in [2.05, 4.69) is 51.1 Å². The summed E-state index contributed by atoms with van der Waals surface area (Å²) in [7, 11) is 0. The molecule has 0 saturated carbocycles. The van der Waals surface area contributed by atoms with Gasteiger partial charge in [0.25, 0.3) is 0 Å². The summed E-state index contributed by atoms with van der Waals surface area (Å²) in [4.78, 5) is 12.8. The molecule has 0 aliphatic carbocycles. The third-order valence-electron chi connectivity index (χ3n) is 10.2. The highest BCUT2D eigenvalue weighted by Gasteiger charge is 2.34. The quantitative estimate of drug-likeness (QED) is 0.0551. The van der Waals surface area contributed by atoms with Gasteiger partial charge in [0.1, 0.15) is 0 Å². The molecule has 5 unspecified atom stereocenters. The van der Waals surface area contributed by atoms with E-state index in [1.165, 1.54) is 122 Å². The lowest BCUT2D eigenvalue weighted by Gasteiger charge is -2.34. The molecule has 0 spiro atoms. The van der Waals surface area contributed by atoms with Gasteiger partial charge in [-0.25, -0.2) is 0 Å². The van der Waals surface area contributed by atoms with Crippen LogP contribution in [0, 0.1) is 5.92 Å². The molecule has 0 aliphatic rings. The molecule has 3 N–H and O–H groups in total. The molecule has 48 heavy (non-hydrogen) atoms. The Hall–Kier alpha value is 0.790. The molecule has 0 aromatic heterocycles. The van der Waals surface area contributed by atoms with Crippen LogP contribution in [0.2, 0.25) is 0 Å². The third kappa shape index (κ3) is 24.9. The molecule has 0 fully saturated rings. The molecule has 0 aromatic carbocycles. The highest BCUT2D eigenvalue weighted by Crippen LogP contribution is 2.35. The largest absolute Gasteiger partial charge is 0.394 e. The Kier molecular flexibility index (Phi) is 35.4. The molecule has 4 nitrogen and oxygen atoms in total. The molecule has 0 aliphatic heterocycles. The van der Waals surface area contributed by atoms with Crippen LogP contribution in [0.4, 0.5) is 0 Å². The van der Waals surface area contributed by atoms with Gasteiger partial charge >= 0.3 is 0 Å². The van der Waals surface area contributed by atoms with Crippen molar-refractivity contribution in [1.29, 1.82) is 0 Å². The van der Waals surface area contributed by atoms with E-state index in [-0.39, 0.29) is 23.0 Å². The summed E-state index contributed by atoms with van der Waals surface area (Å²) < 4.78 is 0. The molecule has 0 rings (SSSR count). The van der Waals surface area contributed by atoms with Gasteiger partial charge in [-0.1, -0.05) is 143 Å². The van der Waals surface area contributed by atoms with Gasteiger partial charge in [-0.05, 0) is 56.6 Å². The summed E-state index contributed by atoms with van der Waals surface area (Å²) in [5, 5.41) is 26.1. The lowest BCUT2D eigenvalue weighted by Crippen LogP contribution is -2.52. The molecule has 7 atom stereocenters. The Bertz CT molecular complexity index is 703. The second kappa shape index (κ2) is 34.9. The first-order chi connectivity index (χ1) is 23.3. The zero-order chi connectivity index (χ0) is 35.8. The first kappa shape index (κ1) is 48.8. The molecule has 8 heteroatoms. The van der Waals surface area contributed by atoms with E-state index in [1.54, 1.807) is 11.8 Å². The van der Waals surface area contributed by atoms with E-state index >= 15 is 0 Å². The summed E-state index contributed by atoms with van der Waals surface area (Å²) in [6, 6.07) is -0.618. The summed E-state index contributed by atoms with van der Waals surface area (Å²) in [6.45, 7) is 6.73. The predicted octanol–water partition coefficient (Wildman–Crippen LogP) is 11.8. The maximum Gasteiger partial charge on any atom is 0.220 e. The topological polar surface area (TPSA) is 69.6 Å². The number of amides is 1. The normalized spacial score (nSPS) is 16.3. The van der Waals surface area contributed by atoms with Crippen molar-refractivity contribution in [3.8, 4) is 0 Å². The van der Waals surface area contributed by atoms with Crippen molar-refractivity contribution in [2.45, 2.75) is 208 Å². The van der Waals surface area contributed by atoms with Crippen molar-refractivity contribution >= 4 is 53.0 Å². The Morgan fingerprint density at radius 3 is 1.50 bits per heavy atom. The second-order valence-corrected chi connectivity index (χ2v) is 18.6. The number of carbonyl (C=O) groups excluding carboxylic acids is 1. The van der Waals surface area contributed by atoms with E-state index < -0.39 is 12.1 Å². The van der Waals surface area contributed by atoms with Gasteiger partial charge in [-0.15, -0.1) is 0 Å². The molecule has 0 aromatic rings. The van der Waals surface area contributed by atoms with Crippen LogP contribution < -0.4 is 5.32 Å². The van der Waals surface area contributed by atoms with Crippen molar-refractivity contribution in [1.82, 2.24) is 5.32 Å². The minimum atomic E-state index is -0.775. The standard InChI is InChI=1S/C40H81NO3S4/c1-8-10-11-12-17-21-24-28-35(45-4)36(46-5)30-31-37(47-6)40(48-7)39(44)34(32-42)41-38(43)29-25-22-19-16-14-13-15-18-20-23-27-33(3)26-9-2/h33-37,39-40,42,44H,8-32H2,1-7H3,(H,41,43)/t33?,34-,35?,36?,37?,39-,40?/m0/s1. The maximum absolute atomic E-state index is 12.8. The summed E-state index contributed by atoms with van der Waals surface area (Å²) in [5.41, 5.74) is 0. The van der Waals surface area contributed by atoms with Crippen molar-refractivity contribution in [2.24, 2.45) is 5.92 Å².